The van der Waals surface area contributed by atoms with E-state index in [0.717, 1.165) is 31.2 Å². The molecule has 2 fully saturated rings. The monoisotopic (exact) mass is 528 g/mol. The number of nitrogens with zero attached hydrogens (tertiary/aromatic N) is 1. The first-order chi connectivity index (χ1) is 18.0. The summed E-state index contributed by atoms with van der Waals surface area (Å²) >= 11 is 0. The highest BCUT2D eigenvalue weighted by Gasteiger charge is 2.39. The van der Waals surface area contributed by atoms with Crippen molar-refractivity contribution in [2.75, 3.05) is 13.1 Å². The zero-order valence-corrected chi connectivity index (χ0v) is 23.2. The van der Waals surface area contributed by atoms with Gasteiger partial charge in [-0.05, 0) is 49.7 Å². The van der Waals surface area contributed by atoms with Crippen LogP contribution in [0, 0.1) is 24.2 Å². The fraction of sp³-hybridized carbons (Fsp3) is 0.655. The van der Waals surface area contributed by atoms with Crippen LogP contribution in [0.3, 0.4) is 0 Å². The van der Waals surface area contributed by atoms with E-state index in [1.54, 1.807) is 10.4 Å². The number of amides is 4. The Morgan fingerprint density at radius 3 is 2.16 bits per heavy atom. The molecule has 0 radical (unpaired) electrons. The summed E-state index contributed by atoms with van der Waals surface area (Å²) in [7, 11) is 0. The Morgan fingerprint density at radius 1 is 1.00 bits per heavy atom. The Hall–Kier alpha value is -2.94. The van der Waals surface area contributed by atoms with Crippen LogP contribution in [-0.4, -0.2) is 58.9 Å². The van der Waals surface area contributed by atoms with Gasteiger partial charge in [0.2, 0.25) is 17.7 Å². The number of hydrogen-bond donors (Lipinski definition) is 4. The van der Waals surface area contributed by atoms with E-state index < -0.39 is 23.3 Å². The molecule has 2 aliphatic rings. The largest absolute Gasteiger partial charge is 0.349 e. The predicted molar refractivity (Wildman–Crippen MR) is 144 cm³/mol. The van der Waals surface area contributed by atoms with Gasteiger partial charge in [-0.25, -0.2) is 5.48 Å². The molecule has 0 aromatic heterocycles. The second-order valence-electron chi connectivity index (χ2n) is 12.1. The third-order valence-electron chi connectivity index (χ3n) is 7.88. The van der Waals surface area contributed by atoms with Gasteiger partial charge in [0.1, 0.15) is 6.04 Å². The number of likely N-dealkylation sites (tertiary alicyclic amines) is 1. The number of nitrogens with one attached hydrogen (secondary N) is 3. The van der Waals surface area contributed by atoms with Crippen LogP contribution in [0.5, 0.6) is 0 Å². The van der Waals surface area contributed by atoms with Crippen molar-refractivity contribution < 1.29 is 24.4 Å². The Morgan fingerprint density at radius 2 is 1.61 bits per heavy atom. The second kappa shape index (κ2) is 13.2. The molecule has 4 amide bonds. The van der Waals surface area contributed by atoms with Gasteiger partial charge in [-0.15, -0.1) is 0 Å². The fourth-order valence-corrected chi connectivity index (χ4v) is 5.51. The highest BCUT2D eigenvalue weighted by atomic mass is 16.5. The molecular weight excluding hydrogens is 484 g/mol. The van der Waals surface area contributed by atoms with Crippen molar-refractivity contribution in [2.45, 2.75) is 91.1 Å². The van der Waals surface area contributed by atoms with Gasteiger partial charge in [0.25, 0.3) is 5.91 Å². The SMILES string of the molecule is Cc1ccc(C(=O)NC2CCN(C(=O)[C@@H](NC(=O)[C@@H](CC(=O)NO)CC3CCCC3)C(C)(C)C)CC2)cc1. The van der Waals surface area contributed by atoms with Gasteiger partial charge in [-0.3, -0.25) is 24.4 Å². The molecule has 1 aromatic rings. The molecule has 9 nitrogen and oxygen atoms in total. The van der Waals surface area contributed by atoms with Crippen LogP contribution in [0.15, 0.2) is 24.3 Å². The van der Waals surface area contributed by atoms with Crippen LogP contribution < -0.4 is 16.1 Å². The summed E-state index contributed by atoms with van der Waals surface area (Å²) in [5.41, 5.74) is 2.81. The molecular formula is C29H44N4O5. The molecule has 0 bridgehead atoms. The lowest BCUT2D eigenvalue weighted by molar-refractivity contribution is -0.142. The van der Waals surface area contributed by atoms with Gasteiger partial charge in [0, 0.05) is 37.0 Å². The van der Waals surface area contributed by atoms with Crippen LogP contribution in [0.2, 0.25) is 0 Å². The van der Waals surface area contributed by atoms with Crippen molar-refractivity contribution in [3.05, 3.63) is 35.4 Å². The highest BCUT2D eigenvalue weighted by Crippen LogP contribution is 2.32. The Bertz CT molecular complexity index is 974. The maximum Gasteiger partial charge on any atom is 0.251 e. The number of carbonyl (C=O) groups excluding carboxylic acids is 4. The average Bonchev–Trinajstić information content (AvgIpc) is 3.39. The van der Waals surface area contributed by atoms with E-state index in [4.69, 9.17) is 5.21 Å². The van der Waals surface area contributed by atoms with Crippen LogP contribution in [0.1, 0.15) is 88.1 Å². The summed E-state index contributed by atoms with van der Waals surface area (Å²) in [5.74, 6) is -1.43. The summed E-state index contributed by atoms with van der Waals surface area (Å²) in [5, 5.41) is 15.1. The van der Waals surface area contributed by atoms with E-state index in [-0.39, 0.29) is 30.2 Å². The molecule has 2 atom stereocenters. The number of piperidine rings is 1. The maximum atomic E-state index is 13.6. The van der Waals surface area contributed by atoms with Gasteiger partial charge in [0.05, 0.1) is 0 Å². The molecule has 1 heterocycles. The van der Waals surface area contributed by atoms with Crippen molar-refractivity contribution in [1.82, 2.24) is 21.0 Å². The summed E-state index contributed by atoms with van der Waals surface area (Å²) < 4.78 is 0. The standard InChI is InChI=1S/C29H44N4O5/c1-19-9-11-21(12-10-19)26(35)30-23-13-15-33(16-14-23)28(37)25(29(2,3)4)31-27(36)22(18-24(34)32-38)17-20-7-5-6-8-20/h9-12,20,22-23,25,38H,5-8,13-18H2,1-4H3,(H,30,35)(H,31,36)(H,32,34)/t22-,25-/m1/s1. The summed E-state index contributed by atoms with van der Waals surface area (Å²) in [6, 6.07) is 6.66. The Labute approximate surface area is 226 Å². The normalized spacial score (nSPS) is 18.5. The quantitative estimate of drug-likeness (QED) is 0.289. The topological polar surface area (TPSA) is 128 Å². The van der Waals surface area contributed by atoms with Gasteiger partial charge < -0.3 is 15.5 Å². The minimum atomic E-state index is -0.753. The van der Waals surface area contributed by atoms with Crippen LogP contribution in [0.25, 0.3) is 0 Å². The molecule has 210 valence electrons. The van der Waals surface area contributed by atoms with E-state index >= 15 is 0 Å². The first-order valence-electron chi connectivity index (χ1n) is 13.9. The minimum absolute atomic E-state index is 0.0247. The van der Waals surface area contributed by atoms with Crippen LogP contribution in [-0.2, 0) is 14.4 Å². The molecule has 1 aliphatic heterocycles. The third-order valence-corrected chi connectivity index (χ3v) is 7.88. The maximum absolute atomic E-state index is 13.6. The summed E-state index contributed by atoms with van der Waals surface area (Å²) in [6.45, 7) is 8.69. The lowest BCUT2D eigenvalue weighted by Gasteiger charge is -2.39. The van der Waals surface area contributed by atoms with Crippen molar-refractivity contribution in [2.24, 2.45) is 17.3 Å². The molecule has 0 unspecified atom stereocenters. The first-order valence-corrected chi connectivity index (χ1v) is 13.9. The first kappa shape index (κ1) is 29.6. The molecule has 1 aliphatic carbocycles. The molecule has 1 saturated heterocycles. The molecule has 38 heavy (non-hydrogen) atoms. The molecule has 1 aromatic carbocycles. The molecule has 3 rings (SSSR count). The summed E-state index contributed by atoms with van der Waals surface area (Å²) in [4.78, 5) is 53.3. The third kappa shape index (κ3) is 8.28. The number of hydrogen-bond acceptors (Lipinski definition) is 5. The van der Waals surface area contributed by atoms with Gasteiger partial charge in [0.15, 0.2) is 0 Å². The minimum Gasteiger partial charge on any atom is -0.349 e. The number of carbonyl (C=O) groups is 4. The molecule has 0 spiro atoms. The number of benzene rings is 1. The Balaban J connectivity index is 1.60. The Kier molecular flexibility index (Phi) is 10.3. The van der Waals surface area contributed by atoms with E-state index in [1.807, 2.05) is 52.0 Å². The number of aryl methyl sites for hydroxylation is 1. The van der Waals surface area contributed by atoms with E-state index in [1.165, 1.54) is 0 Å². The highest BCUT2D eigenvalue weighted by molar-refractivity contribution is 5.94. The predicted octanol–water partition coefficient (Wildman–Crippen LogP) is 3.34. The van der Waals surface area contributed by atoms with Gasteiger partial charge >= 0.3 is 0 Å². The van der Waals surface area contributed by atoms with Gasteiger partial charge in [-0.1, -0.05) is 64.2 Å². The smallest absolute Gasteiger partial charge is 0.251 e. The summed E-state index contributed by atoms with van der Waals surface area (Å²) in [6.07, 6.45) is 6.02. The zero-order valence-electron chi connectivity index (χ0n) is 23.2. The van der Waals surface area contributed by atoms with E-state index in [2.05, 4.69) is 10.6 Å². The van der Waals surface area contributed by atoms with Crippen LogP contribution in [0.4, 0.5) is 0 Å². The van der Waals surface area contributed by atoms with E-state index in [0.29, 0.717) is 43.8 Å². The van der Waals surface area contributed by atoms with Crippen molar-refractivity contribution >= 4 is 23.6 Å². The zero-order chi connectivity index (χ0) is 27.9. The lowest BCUT2D eigenvalue weighted by atomic mass is 9.84. The molecule has 1 saturated carbocycles. The lowest BCUT2D eigenvalue weighted by Crippen LogP contribution is -2.58. The fourth-order valence-electron chi connectivity index (χ4n) is 5.51. The number of rotatable bonds is 9. The molecule has 9 heteroatoms. The van der Waals surface area contributed by atoms with Crippen molar-refractivity contribution in [3.63, 3.8) is 0 Å². The average molecular weight is 529 g/mol. The molecule has 4 N–H and O–H groups in total. The number of hydroxylamine groups is 1. The van der Waals surface area contributed by atoms with E-state index in [9.17, 15) is 19.2 Å². The van der Waals surface area contributed by atoms with Crippen molar-refractivity contribution in [1.29, 1.82) is 0 Å². The van der Waals surface area contributed by atoms with Gasteiger partial charge in [-0.2, -0.15) is 0 Å². The van der Waals surface area contributed by atoms with Crippen molar-refractivity contribution in [3.8, 4) is 0 Å². The second-order valence-corrected chi connectivity index (χ2v) is 12.1. The van der Waals surface area contributed by atoms with Crippen LogP contribution >= 0.6 is 0 Å².